The van der Waals surface area contributed by atoms with E-state index in [1.807, 2.05) is 49.1 Å². The van der Waals surface area contributed by atoms with Crippen LogP contribution in [-0.2, 0) is 0 Å². The lowest BCUT2D eigenvalue weighted by molar-refractivity contribution is -0.330. The molecule has 4 aliphatic rings. The number of fused-ring (bicyclic) bond motifs is 10. The van der Waals surface area contributed by atoms with Crippen LogP contribution >= 0.6 is 0 Å². The lowest BCUT2D eigenvalue weighted by Crippen LogP contribution is -2.69. The summed E-state index contributed by atoms with van der Waals surface area (Å²) in [5.41, 5.74) is 17.8. The van der Waals surface area contributed by atoms with Crippen LogP contribution in [0.2, 0.25) is 0 Å². The van der Waals surface area contributed by atoms with E-state index in [9.17, 15) is 0 Å². The molecule has 13 rings (SSSR count). The topological polar surface area (TPSA) is 52.2 Å². The van der Waals surface area contributed by atoms with Gasteiger partial charge >= 0.3 is 6.82 Å². The van der Waals surface area contributed by atoms with E-state index in [4.69, 9.17) is 9.31 Å². The van der Waals surface area contributed by atoms with Crippen LogP contribution in [0.4, 0.5) is 0 Å². The van der Waals surface area contributed by atoms with E-state index in [0.29, 0.717) is 0 Å². The van der Waals surface area contributed by atoms with Crippen LogP contribution < -0.4 is 9.31 Å². The molecule has 1 atom stereocenters. The van der Waals surface area contributed by atoms with Crippen LogP contribution in [-0.4, -0.2) is 31.5 Å². The van der Waals surface area contributed by atoms with Gasteiger partial charge in [0.15, 0.2) is 11.4 Å². The van der Waals surface area contributed by atoms with Crippen LogP contribution in [0.5, 0.6) is 11.5 Å². The van der Waals surface area contributed by atoms with Crippen molar-refractivity contribution in [2.75, 3.05) is 0 Å². The highest BCUT2D eigenvalue weighted by Crippen LogP contribution is 2.53. The molecular weight excluding hydrogens is 711 g/mol. The molecule has 1 spiro atoms. The van der Waals surface area contributed by atoms with Crippen molar-refractivity contribution in [1.82, 2.24) is 14.4 Å². The molecule has 0 bridgehead atoms. The van der Waals surface area contributed by atoms with Crippen molar-refractivity contribution in [3.8, 4) is 67.3 Å². The molecule has 270 valence electrons. The first-order valence-corrected chi connectivity index (χ1v) is 19.7. The van der Waals surface area contributed by atoms with E-state index in [1.165, 1.54) is 0 Å². The zero-order valence-electron chi connectivity index (χ0n) is 31.1. The third-order valence-electron chi connectivity index (χ3n) is 12.3. The summed E-state index contributed by atoms with van der Waals surface area (Å²) >= 11 is 0. The Morgan fingerprint density at radius 2 is 1.00 bits per heavy atom. The Balaban J connectivity index is 1.02. The number of hydrogen-bond donors (Lipinski definition) is 0. The quantitative estimate of drug-likeness (QED) is 0.169. The largest absolute Gasteiger partial charge is 0.780 e. The van der Waals surface area contributed by atoms with Crippen LogP contribution in [0.15, 0.2) is 183 Å². The van der Waals surface area contributed by atoms with Crippen LogP contribution in [0.1, 0.15) is 22.4 Å². The summed E-state index contributed by atoms with van der Waals surface area (Å²) in [6, 6.07) is 56.1. The van der Waals surface area contributed by atoms with Gasteiger partial charge in [-0.2, -0.15) is 0 Å². The van der Waals surface area contributed by atoms with Gasteiger partial charge in [0.05, 0.1) is 28.2 Å². The molecule has 9 aromatic rings. The fourth-order valence-electron chi connectivity index (χ4n) is 9.69. The van der Waals surface area contributed by atoms with Gasteiger partial charge in [0.25, 0.3) is 0 Å². The highest BCUT2D eigenvalue weighted by molar-refractivity contribution is 6.65. The molecule has 7 heteroatoms. The molecule has 7 heterocycles. The van der Waals surface area contributed by atoms with Gasteiger partial charge in [-0.25, -0.2) is 0 Å². The maximum Gasteiger partial charge on any atom is 0.780 e. The standard InChI is InChI=1S/C51H31BN4O2/c1-3-11-48-42(9-1)50-44-27-36(32-13-17-34(18-14-32)38-7-5-25-53-30-38)21-23-40(44)46-29-47-41-24-22-37(33-15-19-35(20-16-33)39-8-6-26-54-31-39)28-45(41)51-43-10-2-4-12-49(43)58-52(57-48,55(46)50)56(47)51/h1-31H. The highest BCUT2D eigenvalue weighted by Gasteiger charge is 2.64. The first-order chi connectivity index (χ1) is 28.7. The first kappa shape index (κ1) is 31.4. The van der Waals surface area contributed by atoms with Gasteiger partial charge in [-0.05, 0) is 99.1 Å². The molecule has 3 aromatic heterocycles. The van der Waals surface area contributed by atoms with E-state index in [2.05, 4.69) is 158 Å². The van der Waals surface area contributed by atoms with Crippen molar-refractivity contribution in [3.63, 3.8) is 0 Å². The number of pyridine rings is 2. The van der Waals surface area contributed by atoms with Crippen molar-refractivity contribution in [2.24, 2.45) is 0 Å². The summed E-state index contributed by atoms with van der Waals surface area (Å²) < 4.78 is 19.4. The second-order valence-corrected chi connectivity index (χ2v) is 15.4. The van der Waals surface area contributed by atoms with Crippen molar-refractivity contribution in [2.45, 2.75) is 0 Å². The number of rotatable bonds is 4. The third kappa shape index (κ3) is 4.30. The molecule has 6 aromatic carbocycles. The van der Waals surface area contributed by atoms with Gasteiger partial charge < -0.3 is 18.3 Å². The zero-order chi connectivity index (χ0) is 38.0. The lowest BCUT2D eigenvalue weighted by Gasteiger charge is -2.46. The van der Waals surface area contributed by atoms with Gasteiger partial charge in [-0.3, -0.25) is 9.97 Å². The molecule has 0 saturated heterocycles. The molecule has 6 nitrogen and oxygen atoms in total. The summed E-state index contributed by atoms with van der Waals surface area (Å²) in [7, 11) is 0. The summed E-state index contributed by atoms with van der Waals surface area (Å²) in [4.78, 5) is 8.64. The van der Waals surface area contributed by atoms with Gasteiger partial charge in [0.2, 0.25) is 0 Å². The molecule has 0 aliphatic carbocycles. The number of benzene rings is 6. The SMILES string of the molecule is C1=C2c3ccc(-c4ccc(-c5cccnc5)cc4)cc3C3=[N+]2[B-]2(Oc4ccccc43)Oc3ccccc3-c3c4cc(-c5ccc(-c6cccnc6)cc5)ccc4c1n32. The van der Waals surface area contributed by atoms with E-state index < -0.39 is 6.82 Å². The molecule has 0 amide bonds. The fraction of sp³-hybridized carbons (Fsp3) is 0. The Kier molecular flexibility index (Phi) is 6.31. The molecule has 58 heavy (non-hydrogen) atoms. The monoisotopic (exact) mass is 742 g/mol. The molecular formula is C51H31BN4O2. The minimum atomic E-state index is -2.34. The second-order valence-electron chi connectivity index (χ2n) is 15.4. The average Bonchev–Trinajstić information content (AvgIpc) is 3.81. The van der Waals surface area contributed by atoms with Gasteiger partial charge in [0, 0.05) is 58.6 Å². The van der Waals surface area contributed by atoms with E-state index in [1.54, 1.807) is 0 Å². The molecule has 0 fully saturated rings. The van der Waals surface area contributed by atoms with Gasteiger partial charge in [-0.1, -0.05) is 103 Å². The van der Waals surface area contributed by atoms with Crippen molar-refractivity contribution >= 4 is 35.1 Å². The molecule has 1 unspecified atom stereocenters. The van der Waals surface area contributed by atoms with Crippen molar-refractivity contribution < 1.29 is 13.8 Å². The Morgan fingerprint density at radius 1 is 0.448 bits per heavy atom. The van der Waals surface area contributed by atoms with E-state index in [0.717, 1.165) is 112 Å². The normalized spacial score (nSPS) is 16.3. The number of para-hydroxylation sites is 2. The smallest absolute Gasteiger partial charge is 0.601 e. The number of aromatic nitrogens is 3. The Bertz CT molecular complexity index is 3260. The van der Waals surface area contributed by atoms with Crippen LogP contribution in [0.25, 0.3) is 78.3 Å². The Hall–Kier alpha value is -7.77. The maximum atomic E-state index is 7.33. The van der Waals surface area contributed by atoms with Crippen molar-refractivity contribution in [3.05, 3.63) is 205 Å². The van der Waals surface area contributed by atoms with Gasteiger partial charge in [-0.15, -0.1) is 0 Å². The first-order valence-electron chi connectivity index (χ1n) is 19.7. The summed E-state index contributed by atoms with van der Waals surface area (Å²) in [6.45, 7) is -2.34. The minimum Gasteiger partial charge on any atom is -0.601 e. The third-order valence-corrected chi connectivity index (χ3v) is 12.3. The average molecular weight is 743 g/mol. The lowest BCUT2D eigenvalue weighted by atomic mass is 9.77. The Labute approximate surface area is 334 Å². The predicted molar refractivity (Wildman–Crippen MR) is 231 cm³/mol. The predicted octanol–water partition coefficient (Wildman–Crippen LogP) is 11.2. The number of hydrogen-bond acceptors (Lipinski definition) is 4. The summed E-state index contributed by atoms with van der Waals surface area (Å²) in [5, 5.41) is 2.32. The fourth-order valence-corrected chi connectivity index (χ4v) is 9.69. The highest BCUT2D eigenvalue weighted by atomic mass is 16.6. The van der Waals surface area contributed by atoms with E-state index in [-0.39, 0.29) is 0 Å². The van der Waals surface area contributed by atoms with Crippen LogP contribution in [0, 0.1) is 0 Å². The molecule has 0 radical (unpaired) electrons. The Morgan fingerprint density at radius 3 is 1.64 bits per heavy atom. The van der Waals surface area contributed by atoms with Crippen molar-refractivity contribution in [1.29, 1.82) is 0 Å². The zero-order valence-corrected chi connectivity index (χ0v) is 31.1. The van der Waals surface area contributed by atoms with E-state index >= 15 is 0 Å². The number of nitrogens with zero attached hydrogens (tertiary/aromatic N) is 4. The maximum absolute atomic E-state index is 7.33. The minimum absolute atomic E-state index is 0.803. The molecule has 0 N–H and O–H groups in total. The van der Waals surface area contributed by atoms with Gasteiger partial charge in [0.1, 0.15) is 0 Å². The molecule has 0 saturated carbocycles. The second kappa shape index (κ2) is 11.6. The van der Waals surface area contributed by atoms with Crippen LogP contribution in [0.3, 0.4) is 0 Å². The summed E-state index contributed by atoms with van der Waals surface area (Å²) in [6.07, 6.45) is 9.77. The molecule has 4 aliphatic heterocycles. The summed E-state index contributed by atoms with van der Waals surface area (Å²) in [5.74, 6) is 1.61.